The molecule has 1 unspecified atom stereocenters. The van der Waals surface area contributed by atoms with Gasteiger partial charge >= 0.3 is 6.03 Å². The number of amides is 5. The quantitative estimate of drug-likeness (QED) is 0.127. The summed E-state index contributed by atoms with van der Waals surface area (Å²) in [5.41, 5.74) is -0.688. The van der Waals surface area contributed by atoms with Crippen molar-refractivity contribution in [2.45, 2.75) is 110 Å². The van der Waals surface area contributed by atoms with Crippen molar-refractivity contribution >= 4 is 39.4 Å². The molecule has 45 heavy (non-hydrogen) atoms. The highest BCUT2D eigenvalue weighted by Crippen LogP contribution is 2.65. The van der Waals surface area contributed by atoms with Crippen molar-refractivity contribution in [1.82, 2.24) is 26.2 Å². The molecule has 0 aromatic heterocycles. The Hall–Kier alpha value is -2.96. The van der Waals surface area contributed by atoms with Crippen molar-refractivity contribution in [3.8, 4) is 0 Å². The molecule has 2 aliphatic carbocycles. The summed E-state index contributed by atoms with van der Waals surface area (Å²) in [6.07, 6.45) is 7.93. The smallest absolute Gasteiger partial charge is 0.315 e. The molecule has 13 heteroatoms. The van der Waals surface area contributed by atoms with Gasteiger partial charge in [0, 0.05) is 24.9 Å². The minimum atomic E-state index is -3.21. The van der Waals surface area contributed by atoms with E-state index in [1.165, 1.54) is 0 Å². The lowest BCUT2D eigenvalue weighted by Crippen LogP contribution is -2.61. The summed E-state index contributed by atoms with van der Waals surface area (Å²) in [5.74, 6) is -2.78. The van der Waals surface area contributed by atoms with Crippen LogP contribution >= 0.6 is 0 Å². The molecule has 3 fully saturated rings. The second-order valence-corrected chi connectivity index (χ2v) is 16.9. The Morgan fingerprint density at radius 3 is 2.27 bits per heavy atom. The van der Waals surface area contributed by atoms with Gasteiger partial charge in [0.1, 0.15) is 21.9 Å². The van der Waals surface area contributed by atoms with E-state index in [1.54, 1.807) is 11.0 Å². The van der Waals surface area contributed by atoms with E-state index in [9.17, 15) is 32.4 Å². The van der Waals surface area contributed by atoms with Crippen LogP contribution in [0.3, 0.4) is 0 Å². The van der Waals surface area contributed by atoms with Crippen LogP contribution in [0, 0.1) is 23.2 Å². The van der Waals surface area contributed by atoms with E-state index in [0.717, 1.165) is 38.4 Å². The number of likely N-dealkylation sites (tertiary alicyclic amines) is 1. The summed E-state index contributed by atoms with van der Waals surface area (Å²) in [5, 5.41) is 11.0. The SMILES string of the molecule is C=CCC[C@@H](NC(=O)[C@@H]1[C@@H]2C(CN1C(=O)[C@@H](NC(=O)NC(C)(C)C)C1CCCCC1)C2(C)C)C(=O)C(=O)NCCCS(C)(=O)=O. The zero-order valence-corrected chi connectivity index (χ0v) is 28.6. The fourth-order valence-corrected chi connectivity index (χ4v) is 7.62. The molecule has 0 spiro atoms. The first kappa shape index (κ1) is 36.5. The third-order valence-corrected chi connectivity index (χ3v) is 10.4. The van der Waals surface area contributed by atoms with Crippen LogP contribution in [0.1, 0.15) is 86.0 Å². The molecule has 0 bridgehead atoms. The number of carbonyl (C=O) groups is 5. The Labute approximate surface area is 268 Å². The van der Waals surface area contributed by atoms with E-state index < -0.39 is 57.1 Å². The first-order valence-electron chi connectivity index (χ1n) is 16.2. The van der Waals surface area contributed by atoms with Crippen LogP contribution in [-0.2, 0) is 29.0 Å². The second-order valence-electron chi connectivity index (χ2n) is 14.6. The summed E-state index contributed by atoms with van der Waals surface area (Å²) < 4.78 is 22.8. The normalized spacial score (nSPS) is 24.0. The lowest BCUT2D eigenvalue weighted by Gasteiger charge is -2.37. The fraction of sp³-hybridized carbons (Fsp3) is 0.781. The van der Waals surface area contributed by atoms with Gasteiger partial charge < -0.3 is 26.2 Å². The molecule has 1 saturated heterocycles. The number of hydrogen-bond acceptors (Lipinski definition) is 7. The number of carbonyl (C=O) groups excluding carboxylic acids is 5. The highest BCUT2D eigenvalue weighted by Gasteiger charge is 2.69. The highest BCUT2D eigenvalue weighted by molar-refractivity contribution is 7.90. The van der Waals surface area contributed by atoms with E-state index in [2.05, 4.69) is 41.7 Å². The van der Waals surface area contributed by atoms with Crippen molar-refractivity contribution in [3.63, 3.8) is 0 Å². The van der Waals surface area contributed by atoms with Crippen LogP contribution in [0.4, 0.5) is 4.79 Å². The van der Waals surface area contributed by atoms with Crippen molar-refractivity contribution in [3.05, 3.63) is 12.7 Å². The predicted molar refractivity (Wildman–Crippen MR) is 172 cm³/mol. The van der Waals surface area contributed by atoms with Gasteiger partial charge in [-0.2, -0.15) is 0 Å². The minimum absolute atomic E-state index is 0.000955. The van der Waals surface area contributed by atoms with Crippen LogP contribution in [0.2, 0.25) is 0 Å². The molecule has 3 rings (SSSR count). The van der Waals surface area contributed by atoms with E-state index in [0.29, 0.717) is 13.0 Å². The van der Waals surface area contributed by atoms with Crippen molar-refractivity contribution in [2.75, 3.05) is 25.1 Å². The molecule has 254 valence electrons. The van der Waals surface area contributed by atoms with E-state index >= 15 is 0 Å². The summed E-state index contributed by atoms with van der Waals surface area (Å²) >= 11 is 0. The van der Waals surface area contributed by atoms with E-state index in [-0.39, 0.29) is 54.2 Å². The average molecular weight is 652 g/mol. The zero-order valence-electron chi connectivity index (χ0n) is 27.7. The highest BCUT2D eigenvalue weighted by atomic mass is 32.2. The van der Waals surface area contributed by atoms with Gasteiger partial charge in [-0.1, -0.05) is 39.2 Å². The first-order valence-corrected chi connectivity index (χ1v) is 18.2. The molecular formula is C32H53N5O7S. The maximum absolute atomic E-state index is 14.3. The summed E-state index contributed by atoms with van der Waals surface area (Å²) in [7, 11) is -3.21. The van der Waals surface area contributed by atoms with Gasteiger partial charge in [-0.25, -0.2) is 13.2 Å². The fourth-order valence-electron chi connectivity index (χ4n) is 6.95. The van der Waals surface area contributed by atoms with Crippen molar-refractivity contribution in [2.24, 2.45) is 23.2 Å². The van der Waals surface area contributed by atoms with E-state index in [4.69, 9.17) is 0 Å². The molecule has 0 aromatic rings. The molecule has 5 atom stereocenters. The molecule has 3 aliphatic rings. The Bertz CT molecular complexity index is 1250. The number of allylic oxidation sites excluding steroid dienone is 1. The standard InChI is InChI=1S/C32H53N5O7S/c1-8-9-16-22(26(38)28(40)33-17-13-18-45(7,43)44)34-27(39)25-23-21(32(23,5)6)19-37(25)29(41)24(20-14-11-10-12-15-20)35-30(42)36-31(2,3)4/h8,20-25H,1,9-19H2,2-7H3,(H,33,40)(H,34,39)(H2,35,36,42)/t21?,22-,23+,24+,25+/m1/s1. The van der Waals surface area contributed by atoms with Gasteiger partial charge in [0.25, 0.3) is 5.91 Å². The van der Waals surface area contributed by atoms with Gasteiger partial charge in [-0.05, 0) is 76.0 Å². The average Bonchev–Trinajstić information content (AvgIpc) is 3.26. The topological polar surface area (TPSA) is 171 Å². The van der Waals surface area contributed by atoms with Crippen molar-refractivity contribution in [1.29, 1.82) is 0 Å². The third kappa shape index (κ3) is 9.76. The number of rotatable bonds is 14. The lowest BCUT2D eigenvalue weighted by molar-refractivity contribution is -0.144. The molecule has 12 nitrogen and oxygen atoms in total. The van der Waals surface area contributed by atoms with Crippen LogP contribution in [0.25, 0.3) is 0 Å². The Kier molecular flexibility index (Phi) is 11.9. The molecule has 4 N–H and O–H groups in total. The van der Waals surface area contributed by atoms with Crippen LogP contribution in [0.5, 0.6) is 0 Å². The first-order chi connectivity index (χ1) is 20.9. The molecule has 5 amide bonds. The van der Waals surface area contributed by atoms with Crippen LogP contribution in [-0.4, -0.2) is 91.6 Å². The molecular weight excluding hydrogens is 598 g/mol. The Morgan fingerprint density at radius 2 is 1.69 bits per heavy atom. The van der Waals surface area contributed by atoms with Crippen LogP contribution in [0.15, 0.2) is 12.7 Å². The number of sulfone groups is 1. The number of fused-ring (bicyclic) bond motifs is 1. The summed E-state index contributed by atoms with van der Waals surface area (Å²) in [4.78, 5) is 68.6. The number of Topliss-reactive ketones (excluding diaryl/α,β-unsaturated/α-hetero) is 1. The van der Waals surface area contributed by atoms with E-state index in [1.807, 2.05) is 20.8 Å². The van der Waals surface area contributed by atoms with Gasteiger partial charge in [-0.3, -0.25) is 19.2 Å². The molecule has 1 aliphatic heterocycles. The minimum Gasteiger partial charge on any atom is -0.349 e. The maximum atomic E-state index is 14.3. The zero-order chi connectivity index (χ0) is 33.7. The number of urea groups is 1. The molecule has 0 radical (unpaired) electrons. The molecule has 1 heterocycles. The Balaban J connectivity index is 1.79. The van der Waals surface area contributed by atoms with Gasteiger partial charge in [-0.15, -0.1) is 6.58 Å². The van der Waals surface area contributed by atoms with Crippen molar-refractivity contribution < 1.29 is 32.4 Å². The largest absolute Gasteiger partial charge is 0.349 e. The number of nitrogens with zero attached hydrogens (tertiary/aromatic N) is 1. The van der Waals surface area contributed by atoms with Gasteiger partial charge in [0.2, 0.25) is 17.6 Å². The summed E-state index contributed by atoms with van der Waals surface area (Å²) in [6.45, 7) is 13.8. The summed E-state index contributed by atoms with van der Waals surface area (Å²) in [6, 6.07) is -3.23. The van der Waals surface area contributed by atoms with Gasteiger partial charge in [0.15, 0.2) is 0 Å². The number of nitrogens with one attached hydrogen (secondary N) is 4. The second kappa shape index (κ2) is 14.6. The maximum Gasteiger partial charge on any atom is 0.315 e. The monoisotopic (exact) mass is 651 g/mol. The lowest BCUT2D eigenvalue weighted by atomic mass is 9.83. The molecule has 0 aromatic carbocycles. The van der Waals surface area contributed by atoms with Gasteiger partial charge in [0.05, 0.1) is 11.8 Å². The third-order valence-electron chi connectivity index (χ3n) is 9.42. The number of ketones is 1. The number of piperidine rings is 1. The molecule has 2 saturated carbocycles. The number of hydrogen-bond donors (Lipinski definition) is 4. The van der Waals surface area contributed by atoms with Crippen LogP contribution < -0.4 is 21.3 Å². The predicted octanol–water partition coefficient (Wildman–Crippen LogP) is 2.09. The Morgan fingerprint density at radius 1 is 1.04 bits per heavy atom.